The van der Waals surface area contributed by atoms with E-state index in [2.05, 4.69) is 36.1 Å². The van der Waals surface area contributed by atoms with Crippen LogP contribution in [0.15, 0.2) is 146 Å². The molecule has 0 aliphatic rings. The Morgan fingerprint density at radius 1 is 0.500 bits per heavy atom. The molecule has 0 aliphatic carbocycles. The molecule has 0 spiro atoms. The number of carboxylic acids is 2. The van der Waals surface area contributed by atoms with Crippen molar-refractivity contribution in [1.82, 2.24) is 4.98 Å². The number of fused-ring (bicyclic) bond motifs is 2. The second-order valence-corrected chi connectivity index (χ2v) is 16.2. The highest BCUT2D eigenvalue weighted by Crippen LogP contribution is 2.43. The first-order valence-corrected chi connectivity index (χ1v) is 20.8. The quantitative estimate of drug-likeness (QED) is 0.0425. The van der Waals surface area contributed by atoms with Gasteiger partial charge < -0.3 is 31.1 Å². The number of nitrogens with zero attached hydrogens (tertiary/aromatic N) is 5. The van der Waals surface area contributed by atoms with Crippen LogP contribution in [0.25, 0.3) is 21.5 Å². The van der Waals surface area contributed by atoms with Crippen molar-refractivity contribution in [2.75, 3.05) is 10.6 Å². The van der Waals surface area contributed by atoms with Gasteiger partial charge in [0.1, 0.15) is 32.6 Å². The van der Waals surface area contributed by atoms with E-state index < -0.39 is 76.7 Å². The van der Waals surface area contributed by atoms with Gasteiger partial charge in [-0.15, -0.1) is 10.2 Å². The third-order valence-electron chi connectivity index (χ3n) is 9.11. The standard InChI is InChI=1S/C41H27N7O14S2/c49-36-28-12-10-24(16-22(28)18-32(63(57,58)59)34(36)47-45-26-6-1-4-20(14-26)40(53)54)42-38(51)30-8-3-9-31(44-30)39(52)43-25-11-13-29-23(17-25)19-33(64(60,61)62)35(37(29)50)48-46-27-7-2-5-21(15-27)41(55)56/h1-19,49-50H,(H,42,51)(H,43,52)(H,53,54)(H,55,56)(H,57,58,59)(H,60,61,62). The highest BCUT2D eigenvalue weighted by molar-refractivity contribution is 7.86. The molecule has 0 fully saturated rings. The van der Waals surface area contributed by atoms with Gasteiger partial charge in [-0.2, -0.15) is 27.1 Å². The van der Waals surface area contributed by atoms with Crippen LogP contribution in [0.2, 0.25) is 0 Å². The van der Waals surface area contributed by atoms with Gasteiger partial charge >= 0.3 is 11.9 Å². The predicted molar refractivity (Wildman–Crippen MR) is 226 cm³/mol. The second kappa shape index (κ2) is 17.1. The number of anilines is 2. The van der Waals surface area contributed by atoms with Crippen molar-refractivity contribution in [2.45, 2.75) is 9.79 Å². The summed E-state index contributed by atoms with van der Waals surface area (Å²) in [7, 11) is -10.1. The van der Waals surface area contributed by atoms with Crippen molar-refractivity contribution in [2.24, 2.45) is 20.5 Å². The molecule has 0 saturated heterocycles. The molecule has 0 unspecified atom stereocenters. The fraction of sp³-hybridized carbons (Fsp3) is 0. The lowest BCUT2D eigenvalue weighted by molar-refractivity contribution is 0.0686. The number of benzene rings is 6. The third-order valence-corrected chi connectivity index (χ3v) is 10.8. The van der Waals surface area contributed by atoms with Crippen LogP contribution in [0.1, 0.15) is 41.7 Å². The van der Waals surface area contributed by atoms with Crippen LogP contribution >= 0.6 is 0 Å². The Balaban J connectivity index is 1.11. The monoisotopic (exact) mass is 905 g/mol. The van der Waals surface area contributed by atoms with E-state index in [-0.39, 0.29) is 66.8 Å². The van der Waals surface area contributed by atoms with Crippen molar-refractivity contribution >= 4 is 99.7 Å². The van der Waals surface area contributed by atoms with Crippen LogP contribution in [0, 0.1) is 0 Å². The van der Waals surface area contributed by atoms with Crippen molar-refractivity contribution < 1.29 is 65.5 Å². The first-order valence-electron chi connectivity index (χ1n) is 17.9. The van der Waals surface area contributed by atoms with Crippen LogP contribution < -0.4 is 10.6 Å². The fourth-order valence-electron chi connectivity index (χ4n) is 6.14. The molecule has 7 aromatic rings. The highest BCUT2D eigenvalue weighted by atomic mass is 32.2. The Bertz CT molecular complexity index is 3210. The SMILES string of the molecule is O=C(O)c1cccc(N=Nc2c(S(=O)(=O)O)cc3cc(NC(=O)c4cccc(C(=O)Nc5ccc6c(O)c(N=Nc7cccc(C(=O)O)c7)c(S(=O)(=O)O)cc6c5)n4)ccc3c2O)c1. The van der Waals surface area contributed by atoms with E-state index in [1.165, 1.54) is 91.0 Å². The minimum absolute atomic E-state index is 0.00157. The molecule has 64 heavy (non-hydrogen) atoms. The van der Waals surface area contributed by atoms with E-state index in [0.29, 0.717) is 0 Å². The zero-order valence-corrected chi connectivity index (χ0v) is 33.6. The summed E-state index contributed by atoms with van der Waals surface area (Å²) in [6.45, 7) is 0. The van der Waals surface area contributed by atoms with Gasteiger partial charge in [-0.3, -0.25) is 18.7 Å². The van der Waals surface area contributed by atoms with Gasteiger partial charge in [0.2, 0.25) is 0 Å². The maximum Gasteiger partial charge on any atom is 0.335 e. The van der Waals surface area contributed by atoms with E-state index in [4.69, 9.17) is 0 Å². The maximum absolute atomic E-state index is 13.3. The lowest BCUT2D eigenvalue weighted by Crippen LogP contribution is -2.18. The molecule has 1 aromatic heterocycles. The Morgan fingerprint density at radius 2 is 0.891 bits per heavy atom. The molecule has 7 rings (SSSR count). The van der Waals surface area contributed by atoms with Gasteiger partial charge in [-0.25, -0.2) is 14.6 Å². The largest absolute Gasteiger partial charge is 0.505 e. The second-order valence-electron chi connectivity index (χ2n) is 13.4. The first-order chi connectivity index (χ1) is 30.3. The van der Waals surface area contributed by atoms with Crippen LogP contribution in [0.5, 0.6) is 11.5 Å². The number of aromatic hydroxyl groups is 2. The number of amides is 2. The summed E-state index contributed by atoms with van der Waals surface area (Å²) >= 11 is 0. The predicted octanol–water partition coefficient (Wildman–Crippen LogP) is 8.02. The lowest BCUT2D eigenvalue weighted by Gasteiger charge is -2.12. The van der Waals surface area contributed by atoms with Crippen LogP contribution in [-0.2, 0) is 20.2 Å². The number of rotatable bonds is 12. The summed E-state index contributed by atoms with van der Waals surface area (Å²) in [6.07, 6.45) is 0. The molecule has 0 atom stereocenters. The summed E-state index contributed by atoms with van der Waals surface area (Å²) in [5.74, 6) is -5.59. The molecule has 322 valence electrons. The van der Waals surface area contributed by atoms with Gasteiger partial charge in [-0.1, -0.05) is 18.2 Å². The highest BCUT2D eigenvalue weighted by Gasteiger charge is 2.24. The minimum Gasteiger partial charge on any atom is -0.505 e. The maximum atomic E-state index is 13.3. The molecule has 1 heterocycles. The number of pyridine rings is 1. The molecule has 0 bridgehead atoms. The average molecular weight is 906 g/mol. The van der Waals surface area contributed by atoms with E-state index in [1.54, 1.807) is 0 Å². The molecule has 23 heteroatoms. The van der Waals surface area contributed by atoms with E-state index in [1.807, 2.05) is 0 Å². The number of aromatic nitrogens is 1. The van der Waals surface area contributed by atoms with Gasteiger partial charge in [0.25, 0.3) is 32.1 Å². The number of carboxylic acid groups (broad SMARTS) is 2. The number of nitrogens with one attached hydrogen (secondary N) is 2. The molecular weight excluding hydrogens is 879 g/mol. The summed E-state index contributed by atoms with van der Waals surface area (Å²) in [5.41, 5.74) is -1.94. The van der Waals surface area contributed by atoms with Gasteiger partial charge in [0.15, 0.2) is 11.5 Å². The smallest absolute Gasteiger partial charge is 0.335 e. The number of hydrogen-bond acceptors (Lipinski definition) is 15. The Kier molecular flexibility index (Phi) is 11.6. The number of carbonyl (C=O) groups excluding carboxylic acids is 2. The van der Waals surface area contributed by atoms with Gasteiger partial charge in [-0.05, 0) is 108 Å². The Morgan fingerprint density at radius 3 is 1.27 bits per heavy atom. The van der Waals surface area contributed by atoms with Crippen molar-refractivity contribution in [3.8, 4) is 11.5 Å². The van der Waals surface area contributed by atoms with E-state index in [9.17, 15) is 65.5 Å². The Labute approximate surface area is 359 Å². The zero-order chi connectivity index (χ0) is 46.1. The van der Waals surface area contributed by atoms with Gasteiger partial charge in [0, 0.05) is 22.1 Å². The molecule has 6 aromatic carbocycles. The minimum atomic E-state index is -5.03. The van der Waals surface area contributed by atoms with Gasteiger partial charge in [0.05, 0.1) is 22.5 Å². The van der Waals surface area contributed by atoms with Crippen LogP contribution in [0.4, 0.5) is 34.1 Å². The van der Waals surface area contributed by atoms with Crippen molar-refractivity contribution in [3.63, 3.8) is 0 Å². The molecule has 8 N–H and O–H groups in total. The van der Waals surface area contributed by atoms with Crippen LogP contribution in [0.3, 0.4) is 0 Å². The molecule has 0 radical (unpaired) electrons. The first kappa shape index (κ1) is 43.6. The number of azo groups is 2. The normalized spacial score (nSPS) is 11.9. The number of phenolic OH excluding ortho intramolecular Hbond substituents is 2. The summed E-state index contributed by atoms with van der Waals surface area (Å²) in [6, 6.07) is 24.1. The molecule has 2 amide bonds. The third kappa shape index (κ3) is 9.36. The Hall–Kier alpha value is -8.51. The molecule has 0 aliphatic heterocycles. The number of aromatic carboxylic acids is 2. The van der Waals surface area contributed by atoms with Crippen molar-refractivity contribution in [1.29, 1.82) is 0 Å². The fourth-order valence-corrected chi connectivity index (χ4v) is 7.46. The molecule has 0 saturated carbocycles. The number of hydrogen-bond donors (Lipinski definition) is 8. The molecule has 21 nitrogen and oxygen atoms in total. The summed E-state index contributed by atoms with van der Waals surface area (Å²) in [4.78, 5) is 51.7. The average Bonchev–Trinajstić information content (AvgIpc) is 3.25. The molecular formula is C41H27N7O14S2. The lowest BCUT2D eigenvalue weighted by atomic mass is 10.1. The van der Waals surface area contributed by atoms with Crippen LogP contribution in [-0.4, -0.2) is 75.1 Å². The zero-order valence-electron chi connectivity index (χ0n) is 32.0. The van der Waals surface area contributed by atoms with E-state index in [0.717, 1.165) is 24.3 Å². The summed E-state index contributed by atoms with van der Waals surface area (Å²) < 4.78 is 69.4. The van der Waals surface area contributed by atoms with Crippen molar-refractivity contribution in [3.05, 3.63) is 138 Å². The van der Waals surface area contributed by atoms with E-state index >= 15 is 0 Å². The number of carbonyl (C=O) groups is 4. The topological polar surface area (TPSA) is 344 Å². The summed E-state index contributed by atoms with van der Waals surface area (Å²) in [5, 5.41) is 60.9. The number of phenols is 2.